The molecule has 4 rings (SSSR count). The number of nitrogens with zero attached hydrogens (tertiary/aromatic N) is 1. The van der Waals surface area contributed by atoms with Crippen molar-refractivity contribution < 1.29 is 27.6 Å². The lowest BCUT2D eigenvalue weighted by Gasteiger charge is -2.32. The van der Waals surface area contributed by atoms with Crippen molar-refractivity contribution in [1.82, 2.24) is 10.2 Å². The molecule has 0 spiro atoms. The lowest BCUT2D eigenvalue weighted by molar-refractivity contribution is -0.158. The van der Waals surface area contributed by atoms with E-state index in [4.69, 9.17) is 0 Å². The Hall–Kier alpha value is -3.16. The standard InChI is InChI=1S/C20H15F3N2O3/c21-15-8-4-3-7-14(15)19(9-10-19)24-16(26)11-25-17(27)12-5-1-2-6-13(12)20(22,23)18(25)28/h1-8H,9-11H2,(H,24,26). The van der Waals surface area contributed by atoms with Gasteiger partial charge in [-0.25, -0.2) is 4.39 Å². The molecule has 1 N–H and O–H groups in total. The summed E-state index contributed by atoms with van der Waals surface area (Å²) >= 11 is 0. The molecule has 0 atom stereocenters. The van der Waals surface area contributed by atoms with Crippen LogP contribution in [-0.4, -0.2) is 29.2 Å². The SMILES string of the molecule is O=C(CN1C(=O)c2ccccc2C(F)(F)C1=O)NC1(c2ccccc2F)CC1. The van der Waals surface area contributed by atoms with Crippen LogP contribution in [-0.2, 0) is 21.1 Å². The normalized spacial score (nSPS) is 19.2. The van der Waals surface area contributed by atoms with Crippen LogP contribution < -0.4 is 5.32 Å². The fourth-order valence-electron chi connectivity index (χ4n) is 3.50. The Morgan fingerprint density at radius 1 is 1.00 bits per heavy atom. The third kappa shape index (κ3) is 2.76. The molecule has 28 heavy (non-hydrogen) atoms. The topological polar surface area (TPSA) is 66.5 Å². The second kappa shape index (κ2) is 6.19. The van der Waals surface area contributed by atoms with Crippen molar-refractivity contribution in [3.8, 4) is 0 Å². The maximum atomic E-state index is 14.4. The summed E-state index contributed by atoms with van der Waals surface area (Å²) in [5.74, 6) is -7.92. The third-order valence-electron chi connectivity index (χ3n) is 5.07. The lowest BCUT2D eigenvalue weighted by atomic mass is 9.95. The zero-order valence-electron chi connectivity index (χ0n) is 14.5. The molecular weight excluding hydrogens is 373 g/mol. The molecule has 1 aliphatic carbocycles. The van der Waals surface area contributed by atoms with Crippen LogP contribution in [0.4, 0.5) is 13.2 Å². The molecule has 0 radical (unpaired) electrons. The lowest BCUT2D eigenvalue weighted by Crippen LogP contribution is -2.54. The first-order valence-corrected chi connectivity index (χ1v) is 8.66. The molecule has 2 aromatic carbocycles. The fraction of sp³-hybridized carbons (Fsp3) is 0.250. The Morgan fingerprint density at radius 2 is 1.61 bits per heavy atom. The number of carbonyl (C=O) groups excluding carboxylic acids is 3. The number of amides is 3. The predicted molar refractivity (Wildman–Crippen MR) is 91.8 cm³/mol. The summed E-state index contributed by atoms with van der Waals surface area (Å²) in [5.41, 5.74) is -1.65. The summed E-state index contributed by atoms with van der Waals surface area (Å²) in [4.78, 5) is 37.3. The second-order valence-corrected chi connectivity index (χ2v) is 6.93. The Morgan fingerprint density at radius 3 is 2.25 bits per heavy atom. The second-order valence-electron chi connectivity index (χ2n) is 6.93. The molecule has 144 valence electrons. The van der Waals surface area contributed by atoms with E-state index in [1.54, 1.807) is 6.07 Å². The van der Waals surface area contributed by atoms with Gasteiger partial charge in [-0.15, -0.1) is 0 Å². The predicted octanol–water partition coefficient (Wildman–Crippen LogP) is 2.71. The van der Waals surface area contributed by atoms with Crippen LogP contribution >= 0.6 is 0 Å². The van der Waals surface area contributed by atoms with Gasteiger partial charge in [-0.1, -0.05) is 36.4 Å². The highest BCUT2D eigenvalue weighted by Gasteiger charge is 2.53. The van der Waals surface area contributed by atoms with E-state index in [0.29, 0.717) is 12.8 Å². The van der Waals surface area contributed by atoms with E-state index in [-0.39, 0.29) is 16.0 Å². The van der Waals surface area contributed by atoms with Gasteiger partial charge in [0.25, 0.3) is 5.91 Å². The largest absolute Gasteiger partial charge is 0.351 e. The van der Waals surface area contributed by atoms with Crippen molar-refractivity contribution in [2.45, 2.75) is 24.3 Å². The number of fused-ring (bicyclic) bond motifs is 1. The number of halogens is 3. The van der Waals surface area contributed by atoms with Gasteiger partial charge in [0.05, 0.1) is 5.54 Å². The van der Waals surface area contributed by atoms with Gasteiger partial charge in [0, 0.05) is 16.7 Å². The number of hydrogen-bond acceptors (Lipinski definition) is 3. The van der Waals surface area contributed by atoms with Gasteiger partial charge in [0.1, 0.15) is 12.4 Å². The molecule has 0 unspecified atom stereocenters. The summed E-state index contributed by atoms with van der Waals surface area (Å²) in [7, 11) is 0. The van der Waals surface area contributed by atoms with Crippen LogP contribution in [0, 0.1) is 5.82 Å². The minimum atomic E-state index is -3.91. The summed E-state index contributed by atoms with van der Waals surface area (Å²) in [6, 6.07) is 10.8. The first-order chi connectivity index (χ1) is 13.3. The van der Waals surface area contributed by atoms with E-state index >= 15 is 0 Å². The van der Waals surface area contributed by atoms with Crippen LogP contribution in [0.25, 0.3) is 0 Å². The number of benzene rings is 2. The third-order valence-corrected chi connectivity index (χ3v) is 5.07. The fourth-order valence-corrected chi connectivity index (χ4v) is 3.50. The zero-order chi connectivity index (χ0) is 20.1. The van der Waals surface area contributed by atoms with Gasteiger partial charge < -0.3 is 5.32 Å². The molecule has 0 saturated heterocycles. The number of hydrogen-bond donors (Lipinski definition) is 1. The summed E-state index contributed by atoms with van der Waals surface area (Å²) in [6.45, 7) is -0.863. The zero-order valence-corrected chi connectivity index (χ0v) is 14.5. The van der Waals surface area contributed by atoms with Crippen molar-refractivity contribution in [1.29, 1.82) is 0 Å². The van der Waals surface area contributed by atoms with Crippen molar-refractivity contribution in [3.63, 3.8) is 0 Å². The number of rotatable bonds is 4. The van der Waals surface area contributed by atoms with E-state index in [9.17, 15) is 27.6 Å². The maximum absolute atomic E-state index is 14.4. The molecule has 3 amide bonds. The van der Waals surface area contributed by atoms with E-state index < -0.39 is 47.1 Å². The van der Waals surface area contributed by atoms with E-state index in [2.05, 4.69) is 5.32 Å². The average Bonchev–Trinajstić information content (AvgIpc) is 3.44. The molecule has 1 heterocycles. The van der Waals surface area contributed by atoms with Crippen LogP contribution in [0.2, 0.25) is 0 Å². The van der Waals surface area contributed by atoms with Crippen LogP contribution in [0.3, 0.4) is 0 Å². The molecule has 1 saturated carbocycles. The molecule has 2 aromatic rings. The Labute approximate surface area is 158 Å². The van der Waals surface area contributed by atoms with Crippen molar-refractivity contribution in [3.05, 3.63) is 71.0 Å². The molecule has 1 aliphatic heterocycles. The quantitative estimate of drug-likeness (QED) is 0.819. The van der Waals surface area contributed by atoms with Gasteiger partial charge in [-0.05, 0) is 25.0 Å². The molecule has 1 fully saturated rings. The Kier molecular flexibility index (Phi) is 4.02. The highest BCUT2D eigenvalue weighted by Crippen LogP contribution is 2.46. The molecule has 5 nitrogen and oxygen atoms in total. The number of carbonyl (C=O) groups is 3. The van der Waals surface area contributed by atoms with Gasteiger partial charge >= 0.3 is 11.8 Å². The van der Waals surface area contributed by atoms with E-state index in [1.807, 2.05) is 0 Å². The number of alkyl halides is 2. The first kappa shape index (κ1) is 18.2. The highest BCUT2D eigenvalue weighted by molar-refractivity contribution is 6.13. The Bertz CT molecular complexity index is 1000. The minimum absolute atomic E-state index is 0.245. The smallest absolute Gasteiger partial charge is 0.345 e. The summed E-state index contributed by atoms with van der Waals surface area (Å²) in [5, 5.41) is 2.59. The molecule has 0 aromatic heterocycles. The molecule has 2 aliphatic rings. The number of nitrogens with one attached hydrogen (secondary N) is 1. The van der Waals surface area contributed by atoms with Crippen LogP contribution in [0.5, 0.6) is 0 Å². The van der Waals surface area contributed by atoms with Gasteiger partial charge in [0.15, 0.2) is 0 Å². The Balaban J connectivity index is 1.56. The van der Waals surface area contributed by atoms with E-state index in [0.717, 1.165) is 6.07 Å². The van der Waals surface area contributed by atoms with Crippen LogP contribution in [0.15, 0.2) is 48.5 Å². The van der Waals surface area contributed by atoms with Crippen molar-refractivity contribution in [2.24, 2.45) is 0 Å². The molecular formula is C20H15F3N2O3. The van der Waals surface area contributed by atoms with E-state index in [1.165, 1.54) is 36.4 Å². The van der Waals surface area contributed by atoms with Crippen LogP contribution in [0.1, 0.15) is 34.3 Å². The summed E-state index contributed by atoms with van der Waals surface area (Å²) < 4.78 is 42.9. The minimum Gasteiger partial charge on any atom is -0.345 e. The van der Waals surface area contributed by atoms with Crippen molar-refractivity contribution >= 4 is 17.7 Å². The van der Waals surface area contributed by atoms with Gasteiger partial charge in [-0.3, -0.25) is 19.3 Å². The number of imide groups is 1. The van der Waals surface area contributed by atoms with Gasteiger partial charge in [0.2, 0.25) is 5.91 Å². The highest BCUT2D eigenvalue weighted by atomic mass is 19.3. The summed E-state index contributed by atoms with van der Waals surface area (Å²) in [6.07, 6.45) is 0.946. The van der Waals surface area contributed by atoms with Crippen molar-refractivity contribution in [2.75, 3.05) is 6.54 Å². The first-order valence-electron chi connectivity index (χ1n) is 8.66. The van der Waals surface area contributed by atoms with Gasteiger partial charge in [-0.2, -0.15) is 8.78 Å². The molecule has 8 heteroatoms. The monoisotopic (exact) mass is 388 g/mol. The average molecular weight is 388 g/mol. The molecule has 0 bridgehead atoms. The maximum Gasteiger partial charge on any atom is 0.351 e.